The minimum atomic E-state index is -0.333. The van der Waals surface area contributed by atoms with Gasteiger partial charge >= 0.3 is 0 Å². The van der Waals surface area contributed by atoms with E-state index < -0.39 is 0 Å². The Morgan fingerprint density at radius 2 is 1.90 bits per heavy atom. The fourth-order valence-electron chi connectivity index (χ4n) is 2.04. The average Bonchev–Trinajstić information content (AvgIpc) is 2.64. The first-order chi connectivity index (χ1) is 9.54. The Morgan fingerprint density at radius 3 is 2.60 bits per heavy atom. The number of anilines is 1. The van der Waals surface area contributed by atoms with Gasteiger partial charge in [0.2, 0.25) is 5.91 Å². The third-order valence-electron chi connectivity index (χ3n) is 3.16. The molecule has 2 rings (SSSR count). The van der Waals surface area contributed by atoms with Crippen LogP contribution in [-0.2, 0) is 4.79 Å². The predicted molar refractivity (Wildman–Crippen MR) is 79.1 cm³/mol. The number of hydrogen-bond donors (Lipinski definition) is 1. The summed E-state index contributed by atoms with van der Waals surface area (Å²) < 4.78 is 0. The standard InChI is InChI=1S/C14H15BrN2O3/c1-17-13(19)10-6-5-9(8-11(10)14(17)20)16-12(18)4-2-3-7-15/h5-6,8H,2-4,7H2,1H3,(H,16,18). The summed E-state index contributed by atoms with van der Waals surface area (Å²) in [6.45, 7) is 0. The molecule has 1 aromatic carbocycles. The second kappa shape index (κ2) is 6.17. The number of nitrogens with zero attached hydrogens (tertiary/aromatic N) is 1. The molecule has 1 aliphatic rings. The van der Waals surface area contributed by atoms with Gasteiger partial charge in [-0.1, -0.05) is 15.9 Å². The average molecular weight is 339 g/mol. The highest BCUT2D eigenvalue weighted by molar-refractivity contribution is 9.09. The van der Waals surface area contributed by atoms with E-state index >= 15 is 0 Å². The van der Waals surface area contributed by atoms with Crippen molar-refractivity contribution in [2.45, 2.75) is 19.3 Å². The summed E-state index contributed by atoms with van der Waals surface area (Å²) in [5.74, 6) is -0.725. The van der Waals surface area contributed by atoms with E-state index in [1.807, 2.05) is 0 Å². The molecule has 0 spiro atoms. The van der Waals surface area contributed by atoms with Crippen LogP contribution >= 0.6 is 15.9 Å². The number of benzene rings is 1. The van der Waals surface area contributed by atoms with Crippen LogP contribution in [0.5, 0.6) is 0 Å². The zero-order chi connectivity index (χ0) is 14.7. The Morgan fingerprint density at radius 1 is 1.20 bits per heavy atom. The second-order valence-electron chi connectivity index (χ2n) is 4.62. The van der Waals surface area contributed by atoms with Crippen LogP contribution in [0.3, 0.4) is 0 Å². The van der Waals surface area contributed by atoms with Gasteiger partial charge in [-0.3, -0.25) is 19.3 Å². The monoisotopic (exact) mass is 338 g/mol. The van der Waals surface area contributed by atoms with Gasteiger partial charge < -0.3 is 5.32 Å². The lowest BCUT2D eigenvalue weighted by atomic mass is 10.1. The number of halogens is 1. The van der Waals surface area contributed by atoms with Crippen LogP contribution in [-0.4, -0.2) is 35.0 Å². The van der Waals surface area contributed by atoms with Crippen LogP contribution < -0.4 is 5.32 Å². The molecule has 5 nitrogen and oxygen atoms in total. The molecule has 1 aromatic rings. The summed E-state index contributed by atoms with van der Waals surface area (Å²) in [4.78, 5) is 36.4. The highest BCUT2D eigenvalue weighted by Crippen LogP contribution is 2.24. The molecule has 0 saturated heterocycles. The molecule has 0 saturated carbocycles. The number of unbranched alkanes of at least 4 members (excludes halogenated alkanes) is 1. The quantitative estimate of drug-likeness (QED) is 0.509. The van der Waals surface area contributed by atoms with Crippen LogP contribution in [0, 0.1) is 0 Å². The molecule has 0 unspecified atom stereocenters. The number of carbonyl (C=O) groups excluding carboxylic acids is 3. The number of amides is 3. The smallest absolute Gasteiger partial charge is 0.261 e. The topological polar surface area (TPSA) is 66.5 Å². The highest BCUT2D eigenvalue weighted by atomic mass is 79.9. The second-order valence-corrected chi connectivity index (χ2v) is 5.42. The van der Waals surface area contributed by atoms with Crippen LogP contribution in [0.15, 0.2) is 18.2 Å². The molecule has 6 heteroatoms. The lowest BCUT2D eigenvalue weighted by Gasteiger charge is -2.06. The van der Waals surface area contributed by atoms with Crippen LogP contribution in [0.25, 0.3) is 0 Å². The van der Waals surface area contributed by atoms with E-state index in [-0.39, 0.29) is 17.7 Å². The van der Waals surface area contributed by atoms with E-state index in [9.17, 15) is 14.4 Å². The van der Waals surface area contributed by atoms with Crippen molar-refractivity contribution < 1.29 is 14.4 Å². The number of carbonyl (C=O) groups is 3. The van der Waals surface area contributed by atoms with E-state index in [4.69, 9.17) is 0 Å². The van der Waals surface area contributed by atoms with Crippen LogP contribution in [0.1, 0.15) is 40.0 Å². The summed E-state index contributed by atoms with van der Waals surface area (Å²) in [6.07, 6.45) is 2.19. The van der Waals surface area contributed by atoms with Crippen LogP contribution in [0.4, 0.5) is 5.69 Å². The molecule has 1 N–H and O–H groups in total. The molecule has 0 fully saturated rings. The van der Waals surface area contributed by atoms with Gasteiger partial charge in [-0.25, -0.2) is 0 Å². The molecular formula is C14H15BrN2O3. The molecule has 0 aliphatic carbocycles. The van der Waals surface area contributed by atoms with Gasteiger partial charge in [-0.2, -0.15) is 0 Å². The fraction of sp³-hybridized carbons (Fsp3) is 0.357. The van der Waals surface area contributed by atoms with Gasteiger partial charge in [-0.15, -0.1) is 0 Å². The van der Waals surface area contributed by atoms with Crippen molar-refractivity contribution in [2.75, 3.05) is 17.7 Å². The third kappa shape index (κ3) is 2.90. The van der Waals surface area contributed by atoms with Crippen LogP contribution in [0.2, 0.25) is 0 Å². The normalized spacial score (nSPS) is 13.6. The van der Waals surface area contributed by atoms with Gasteiger partial charge in [0, 0.05) is 24.5 Å². The van der Waals surface area contributed by atoms with Gasteiger partial charge in [-0.05, 0) is 31.0 Å². The zero-order valence-electron chi connectivity index (χ0n) is 11.1. The van der Waals surface area contributed by atoms with Gasteiger partial charge in [0.05, 0.1) is 11.1 Å². The van der Waals surface area contributed by atoms with Gasteiger partial charge in [0.25, 0.3) is 11.8 Å². The van der Waals surface area contributed by atoms with Crippen molar-refractivity contribution in [3.8, 4) is 0 Å². The predicted octanol–water partition coefficient (Wildman–Crippen LogP) is 2.42. The van der Waals surface area contributed by atoms with E-state index in [1.165, 1.54) is 7.05 Å². The number of fused-ring (bicyclic) bond motifs is 1. The molecule has 0 aromatic heterocycles. The molecule has 1 aliphatic heterocycles. The summed E-state index contributed by atoms with van der Waals surface area (Å²) in [7, 11) is 1.45. The zero-order valence-corrected chi connectivity index (χ0v) is 12.7. The van der Waals surface area contributed by atoms with Crippen molar-refractivity contribution in [2.24, 2.45) is 0 Å². The summed E-state index contributed by atoms with van der Waals surface area (Å²) in [5.41, 5.74) is 1.27. The Hall–Kier alpha value is -1.69. The molecule has 0 bridgehead atoms. The van der Waals surface area contributed by atoms with E-state index in [0.717, 1.165) is 23.1 Å². The van der Waals surface area contributed by atoms with Crippen molar-refractivity contribution in [3.63, 3.8) is 0 Å². The fourth-order valence-corrected chi connectivity index (χ4v) is 2.44. The largest absolute Gasteiger partial charge is 0.326 e. The maximum atomic E-state index is 11.8. The Balaban J connectivity index is 2.07. The number of rotatable bonds is 5. The minimum Gasteiger partial charge on any atom is -0.326 e. The molecule has 20 heavy (non-hydrogen) atoms. The summed E-state index contributed by atoms with van der Waals surface area (Å²) in [6, 6.07) is 4.78. The summed E-state index contributed by atoms with van der Waals surface area (Å²) in [5, 5.41) is 3.62. The molecule has 106 valence electrons. The summed E-state index contributed by atoms with van der Waals surface area (Å²) >= 11 is 3.31. The maximum absolute atomic E-state index is 11.8. The van der Waals surface area contributed by atoms with Crippen molar-refractivity contribution in [1.29, 1.82) is 0 Å². The Labute approximate surface area is 125 Å². The number of nitrogens with one attached hydrogen (secondary N) is 1. The lowest BCUT2D eigenvalue weighted by molar-refractivity contribution is -0.116. The number of alkyl halides is 1. The molecule has 3 amide bonds. The number of hydrogen-bond acceptors (Lipinski definition) is 3. The molecule has 1 heterocycles. The van der Waals surface area contributed by atoms with Crippen molar-refractivity contribution in [3.05, 3.63) is 29.3 Å². The number of imide groups is 1. The van der Waals surface area contributed by atoms with E-state index in [2.05, 4.69) is 21.2 Å². The van der Waals surface area contributed by atoms with E-state index in [1.54, 1.807) is 18.2 Å². The molecule has 0 atom stereocenters. The SMILES string of the molecule is CN1C(=O)c2ccc(NC(=O)CCCCBr)cc2C1=O. The molecule has 0 radical (unpaired) electrons. The Kier molecular flexibility index (Phi) is 4.54. The highest BCUT2D eigenvalue weighted by Gasteiger charge is 2.32. The first kappa shape index (κ1) is 14.7. The van der Waals surface area contributed by atoms with Crippen molar-refractivity contribution >= 4 is 39.3 Å². The maximum Gasteiger partial charge on any atom is 0.261 e. The lowest BCUT2D eigenvalue weighted by Crippen LogP contribution is -2.24. The van der Waals surface area contributed by atoms with E-state index in [0.29, 0.717) is 23.2 Å². The van der Waals surface area contributed by atoms with Gasteiger partial charge in [0.15, 0.2) is 0 Å². The first-order valence-electron chi connectivity index (χ1n) is 6.37. The molecular weight excluding hydrogens is 324 g/mol. The van der Waals surface area contributed by atoms with Gasteiger partial charge in [0.1, 0.15) is 0 Å². The van der Waals surface area contributed by atoms with Crippen molar-refractivity contribution in [1.82, 2.24) is 4.90 Å². The minimum absolute atomic E-state index is 0.0870. The Bertz CT molecular complexity index is 572. The first-order valence-corrected chi connectivity index (χ1v) is 7.49. The third-order valence-corrected chi connectivity index (χ3v) is 3.72.